The highest BCUT2D eigenvalue weighted by atomic mass is 16.1. The van der Waals surface area contributed by atoms with Crippen LogP contribution in [0.2, 0.25) is 0 Å². The minimum Gasteiger partial charge on any atom is -0.347 e. The number of nitrogens with zero attached hydrogens (tertiary/aromatic N) is 1. The third-order valence-electron chi connectivity index (χ3n) is 3.05. The number of carbonyl (C=O) groups is 1. The summed E-state index contributed by atoms with van der Waals surface area (Å²) in [5.74, 6) is -0.0301. The van der Waals surface area contributed by atoms with E-state index in [9.17, 15) is 4.79 Å². The monoisotopic (exact) mass is 219 g/mol. The van der Waals surface area contributed by atoms with E-state index >= 15 is 0 Å². The fraction of sp³-hybridized carbons (Fsp3) is 0.500. The standard InChI is InChI=1S/C12H17N3O/c1-12(4-7-13-8-5-12)15-11(16)10-3-2-6-14-9-10/h2-3,6,9,13H,4-5,7-8H2,1H3,(H,15,16). The SMILES string of the molecule is CC1(NC(=O)c2cccnc2)CCNCC1. The van der Waals surface area contributed by atoms with Crippen LogP contribution in [-0.2, 0) is 0 Å². The van der Waals surface area contributed by atoms with Crippen molar-refractivity contribution in [3.05, 3.63) is 30.1 Å². The zero-order valence-corrected chi connectivity index (χ0v) is 9.49. The van der Waals surface area contributed by atoms with E-state index < -0.39 is 0 Å². The molecule has 1 aliphatic heterocycles. The highest BCUT2D eigenvalue weighted by Crippen LogP contribution is 2.17. The van der Waals surface area contributed by atoms with Crippen molar-refractivity contribution in [2.75, 3.05) is 13.1 Å². The van der Waals surface area contributed by atoms with Gasteiger partial charge in [0.05, 0.1) is 5.56 Å². The largest absolute Gasteiger partial charge is 0.347 e. The molecule has 1 aromatic heterocycles. The number of aromatic nitrogens is 1. The number of nitrogens with one attached hydrogen (secondary N) is 2. The van der Waals surface area contributed by atoms with E-state index in [1.807, 2.05) is 0 Å². The third-order valence-corrected chi connectivity index (χ3v) is 3.05. The van der Waals surface area contributed by atoms with Gasteiger partial charge in [0.25, 0.3) is 5.91 Å². The normalized spacial score (nSPS) is 19.1. The molecule has 2 heterocycles. The highest BCUT2D eigenvalue weighted by Gasteiger charge is 2.28. The molecule has 86 valence electrons. The van der Waals surface area contributed by atoms with Gasteiger partial charge < -0.3 is 10.6 Å². The number of hydrogen-bond acceptors (Lipinski definition) is 3. The van der Waals surface area contributed by atoms with Crippen molar-refractivity contribution in [1.82, 2.24) is 15.6 Å². The Morgan fingerprint density at radius 3 is 2.88 bits per heavy atom. The van der Waals surface area contributed by atoms with Gasteiger partial charge in [0.1, 0.15) is 0 Å². The molecule has 2 N–H and O–H groups in total. The van der Waals surface area contributed by atoms with Crippen LogP contribution in [-0.4, -0.2) is 29.5 Å². The Morgan fingerprint density at radius 1 is 1.50 bits per heavy atom. The quantitative estimate of drug-likeness (QED) is 0.778. The molecule has 0 bridgehead atoms. The van der Waals surface area contributed by atoms with E-state index in [0.29, 0.717) is 5.56 Å². The maximum Gasteiger partial charge on any atom is 0.253 e. The van der Waals surface area contributed by atoms with Gasteiger partial charge >= 0.3 is 0 Å². The molecule has 4 nitrogen and oxygen atoms in total. The van der Waals surface area contributed by atoms with Crippen LogP contribution in [0, 0.1) is 0 Å². The van der Waals surface area contributed by atoms with Gasteiger partial charge in [-0.15, -0.1) is 0 Å². The van der Waals surface area contributed by atoms with Crippen molar-refractivity contribution in [1.29, 1.82) is 0 Å². The molecule has 4 heteroatoms. The molecule has 0 aliphatic carbocycles. The second kappa shape index (κ2) is 4.61. The Morgan fingerprint density at radius 2 is 2.25 bits per heavy atom. The van der Waals surface area contributed by atoms with Crippen molar-refractivity contribution >= 4 is 5.91 Å². The van der Waals surface area contributed by atoms with Crippen LogP contribution in [0.1, 0.15) is 30.1 Å². The number of carbonyl (C=O) groups excluding carboxylic acids is 1. The molecule has 0 radical (unpaired) electrons. The van der Waals surface area contributed by atoms with Gasteiger partial charge in [0.15, 0.2) is 0 Å². The van der Waals surface area contributed by atoms with E-state index in [-0.39, 0.29) is 11.4 Å². The lowest BCUT2D eigenvalue weighted by Gasteiger charge is -2.34. The third kappa shape index (κ3) is 2.58. The summed E-state index contributed by atoms with van der Waals surface area (Å²) in [4.78, 5) is 15.9. The number of rotatable bonds is 2. The maximum atomic E-state index is 11.9. The Hall–Kier alpha value is -1.42. The summed E-state index contributed by atoms with van der Waals surface area (Å²) in [6, 6.07) is 3.56. The van der Waals surface area contributed by atoms with E-state index in [1.54, 1.807) is 24.5 Å². The van der Waals surface area contributed by atoms with Gasteiger partial charge in [-0.1, -0.05) is 0 Å². The van der Waals surface area contributed by atoms with E-state index in [4.69, 9.17) is 0 Å². The van der Waals surface area contributed by atoms with Crippen molar-refractivity contribution in [3.63, 3.8) is 0 Å². The molecule has 0 saturated carbocycles. The van der Waals surface area contributed by atoms with Crippen LogP contribution in [0.5, 0.6) is 0 Å². The lowest BCUT2D eigenvalue weighted by molar-refractivity contribution is 0.0887. The first-order chi connectivity index (χ1) is 7.70. The van der Waals surface area contributed by atoms with Gasteiger partial charge in [-0.05, 0) is 45.0 Å². The average molecular weight is 219 g/mol. The molecular weight excluding hydrogens is 202 g/mol. The second-order valence-corrected chi connectivity index (χ2v) is 4.51. The first-order valence-electron chi connectivity index (χ1n) is 5.63. The fourth-order valence-electron chi connectivity index (χ4n) is 1.95. The topological polar surface area (TPSA) is 54.0 Å². The molecule has 0 unspecified atom stereocenters. The van der Waals surface area contributed by atoms with Crippen molar-refractivity contribution in [3.8, 4) is 0 Å². The molecule has 1 fully saturated rings. The molecule has 1 aromatic rings. The zero-order valence-electron chi connectivity index (χ0n) is 9.49. The van der Waals surface area contributed by atoms with Crippen molar-refractivity contribution in [2.45, 2.75) is 25.3 Å². The van der Waals surface area contributed by atoms with E-state index in [1.165, 1.54) is 0 Å². The summed E-state index contributed by atoms with van der Waals surface area (Å²) in [6.07, 6.45) is 5.21. The predicted molar refractivity (Wildman–Crippen MR) is 62.2 cm³/mol. The minimum atomic E-state index is -0.0851. The number of piperidine rings is 1. The smallest absolute Gasteiger partial charge is 0.253 e. The van der Waals surface area contributed by atoms with Crippen LogP contribution < -0.4 is 10.6 Å². The maximum absolute atomic E-state index is 11.9. The molecule has 0 spiro atoms. The van der Waals surface area contributed by atoms with E-state index in [0.717, 1.165) is 25.9 Å². The molecular formula is C12H17N3O. The molecule has 1 aliphatic rings. The molecule has 16 heavy (non-hydrogen) atoms. The highest BCUT2D eigenvalue weighted by molar-refractivity contribution is 5.94. The Labute approximate surface area is 95.5 Å². The van der Waals surface area contributed by atoms with E-state index in [2.05, 4.69) is 22.5 Å². The number of hydrogen-bond donors (Lipinski definition) is 2. The molecule has 1 amide bonds. The van der Waals surface area contributed by atoms with Crippen LogP contribution in [0.4, 0.5) is 0 Å². The van der Waals surface area contributed by atoms with Gasteiger partial charge in [0.2, 0.25) is 0 Å². The molecule has 0 aromatic carbocycles. The number of amides is 1. The average Bonchev–Trinajstić information content (AvgIpc) is 2.30. The molecule has 1 saturated heterocycles. The first kappa shape index (κ1) is 11.1. The van der Waals surface area contributed by atoms with Gasteiger partial charge in [-0.2, -0.15) is 0 Å². The zero-order chi connectivity index (χ0) is 11.4. The summed E-state index contributed by atoms with van der Waals surface area (Å²) in [5.41, 5.74) is 0.542. The first-order valence-corrected chi connectivity index (χ1v) is 5.63. The summed E-state index contributed by atoms with van der Waals surface area (Å²) in [6.45, 7) is 4.02. The Bertz CT molecular complexity index is 358. The summed E-state index contributed by atoms with van der Waals surface area (Å²) in [5, 5.41) is 6.38. The van der Waals surface area contributed by atoms with Crippen LogP contribution >= 0.6 is 0 Å². The van der Waals surface area contributed by atoms with Gasteiger partial charge in [-0.25, -0.2) is 0 Å². The fourth-order valence-corrected chi connectivity index (χ4v) is 1.95. The lowest BCUT2D eigenvalue weighted by Crippen LogP contribution is -2.52. The summed E-state index contributed by atoms with van der Waals surface area (Å²) < 4.78 is 0. The van der Waals surface area contributed by atoms with Crippen LogP contribution in [0.15, 0.2) is 24.5 Å². The van der Waals surface area contributed by atoms with Crippen molar-refractivity contribution < 1.29 is 4.79 Å². The predicted octanol–water partition coefficient (Wildman–Crippen LogP) is 0.953. The van der Waals surface area contributed by atoms with Crippen LogP contribution in [0.25, 0.3) is 0 Å². The van der Waals surface area contributed by atoms with Crippen LogP contribution in [0.3, 0.4) is 0 Å². The Kier molecular flexibility index (Phi) is 3.19. The lowest BCUT2D eigenvalue weighted by atomic mass is 9.90. The van der Waals surface area contributed by atoms with Crippen molar-refractivity contribution in [2.24, 2.45) is 0 Å². The Balaban J connectivity index is 2.01. The minimum absolute atomic E-state index is 0.0301. The molecule has 2 rings (SSSR count). The van der Waals surface area contributed by atoms with Gasteiger partial charge in [0, 0.05) is 17.9 Å². The molecule has 0 atom stereocenters. The van der Waals surface area contributed by atoms with Gasteiger partial charge in [-0.3, -0.25) is 9.78 Å². The second-order valence-electron chi connectivity index (χ2n) is 4.51. The summed E-state index contributed by atoms with van der Waals surface area (Å²) in [7, 11) is 0. The summed E-state index contributed by atoms with van der Waals surface area (Å²) >= 11 is 0. The number of pyridine rings is 1.